The zero-order chi connectivity index (χ0) is 21.1. The second-order valence-electron chi connectivity index (χ2n) is 6.50. The summed E-state index contributed by atoms with van der Waals surface area (Å²) in [5.74, 6) is 1.62. The van der Waals surface area contributed by atoms with Crippen molar-refractivity contribution in [3.05, 3.63) is 94.5 Å². The van der Waals surface area contributed by atoms with E-state index in [4.69, 9.17) is 33.7 Å². The van der Waals surface area contributed by atoms with Crippen LogP contribution in [0.25, 0.3) is 22.4 Å². The van der Waals surface area contributed by atoms with Gasteiger partial charge in [0.2, 0.25) is 0 Å². The standard InChI is InChI=1S/C24H15Cl2N3O/c25-21-11-8-16(12-22(21)26)19-13-23(29-24(28)20(19)14-27)15-6-9-18(10-7-15)30-17-4-2-1-3-5-17/h1-13H,(H2,28,29). The number of nitrogen functional groups attached to an aromatic ring is 1. The number of nitriles is 1. The fraction of sp³-hybridized carbons (Fsp3) is 0. The molecular weight excluding hydrogens is 417 g/mol. The van der Waals surface area contributed by atoms with Crippen LogP contribution in [0.2, 0.25) is 10.0 Å². The Bertz CT molecular complexity index is 1250. The molecule has 0 saturated heterocycles. The van der Waals surface area contributed by atoms with Crippen LogP contribution in [0.4, 0.5) is 5.82 Å². The minimum atomic E-state index is 0.153. The monoisotopic (exact) mass is 431 g/mol. The zero-order valence-corrected chi connectivity index (χ0v) is 17.2. The summed E-state index contributed by atoms with van der Waals surface area (Å²) in [6.07, 6.45) is 0. The van der Waals surface area contributed by atoms with Crippen molar-refractivity contribution in [1.82, 2.24) is 4.98 Å². The average molecular weight is 432 g/mol. The molecule has 146 valence electrons. The van der Waals surface area contributed by atoms with Crippen molar-refractivity contribution in [3.63, 3.8) is 0 Å². The average Bonchev–Trinajstić information content (AvgIpc) is 2.76. The van der Waals surface area contributed by atoms with Crippen LogP contribution in [0.5, 0.6) is 11.5 Å². The maximum atomic E-state index is 9.58. The fourth-order valence-electron chi connectivity index (χ4n) is 3.04. The van der Waals surface area contributed by atoms with E-state index < -0.39 is 0 Å². The van der Waals surface area contributed by atoms with Gasteiger partial charge in [0, 0.05) is 11.1 Å². The van der Waals surface area contributed by atoms with E-state index in [1.54, 1.807) is 18.2 Å². The highest BCUT2D eigenvalue weighted by Gasteiger charge is 2.14. The normalized spacial score (nSPS) is 10.4. The molecular formula is C24H15Cl2N3O. The molecule has 0 saturated carbocycles. The quantitative estimate of drug-likeness (QED) is 0.378. The molecule has 2 N–H and O–H groups in total. The first-order chi connectivity index (χ1) is 14.5. The van der Waals surface area contributed by atoms with Gasteiger partial charge in [-0.15, -0.1) is 0 Å². The molecule has 1 aromatic heterocycles. The van der Waals surface area contributed by atoms with Crippen molar-refractivity contribution >= 4 is 29.0 Å². The van der Waals surface area contributed by atoms with Gasteiger partial charge in [0.1, 0.15) is 28.9 Å². The molecule has 30 heavy (non-hydrogen) atoms. The molecule has 0 radical (unpaired) electrons. The van der Waals surface area contributed by atoms with E-state index in [1.807, 2.05) is 60.7 Å². The van der Waals surface area contributed by atoms with Crippen molar-refractivity contribution in [1.29, 1.82) is 5.26 Å². The first kappa shape index (κ1) is 19.8. The lowest BCUT2D eigenvalue weighted by molar-refractivity contribution is 0.483. The molecule has 1 heterocycles. The molecule has 0 aliphatic carbocycles. The number of nitrogens with zero attached hydrogens (tertiary/aromatic N) is 2. The summed E-state index contributed by atoms with van der Waals surface area (Å²) in [5.41, 5.74) is 9.24. The molecule has 4 nitrogen and oxygen atoms in total. The third kappa shape index (κ3) is 4.08. The Hall–Kier alpha value is -3.52. The number of pyridine rings is 1. The molecule has 3 aromatic carbocycles. The Kier molecular flexibility index (Phi) is 5.58. The lowest BCUT2D eigenvalue weighted by Crippen LogP contribution is -2.00. The van der Waals surface area contributed by atoms with Crippen molar-refractivity contribution < 1.29 is 4.74 Å². The summed E-state index contributed by atoms with van der Waals surface area (Å²) in [7, 11) is 0. The number of anilines is 1. The van der Waals surface area contributed by atoms with Crippen LogP contribution in [0.3, 0.4) is 0 Å². The van der Waals surface area contributed by atoms with Crippen LogP contribution in [0.1, 0.15) is 5.56 Å². The van der Waals surface area contributed by atoms with Crippen LogP contribution < -0.4 is 10.5 Å². The van der Waals surface area contributed by atoms with Crippen LogP contribution >= 0.6 is 23.2 Å². The van der Waals surface area contributed by atoms with Crippen molar-refractivity contribution in [2.45, 2.75) is 0 Å². The number of nitrogens with two attached hydrogens (primary N) is 1. The third-order valence-electron chi connectivity index (χ3n) is 4.52. The van der Waals surface area contributed by atoms with Crippen LogP contribution in [-0.2, 0) is 0 Å². The molecule has 4 rings (SSSR count). The first-order valence-corrected chi connectivity index (χ1v) is 9.80. The van der Waals surface area contributed by atoms with E-state index in [2.05, 4.69) is 11.1 Å². The summed E-state index contributed by atoms with van der Waals surface area (Å²) in [4.78, 5) is 4.41. The highest BCUT2D eigenvalue weighted by atomic mass is 35.5. The maximum absolute atomic E-state index is 9.58. The summed E-state index contributed by atoms with van der Waals surface area (Å²) >= 11 is 12.2. The summed E-state index contributed by atoms with van der Waals surface area (Å²) in [6.45, 7) is 0. The van der Waals surface area contributed by atoms with Crippen LogP contribution in [0.15, 0.2) is 78.9 Å². The molecule has 0 bridgehead atoms. The van der Waals surface area contributed by atoms with Gasteiger partial charge in [-0.2, -0.15) is 5.26 Å². The minimum absolute atomic E-state index is 0.153. The molecule has 4 aromatic rings. The summed E-state index contributed by atoms with van der Waals surface area (Å²) in [6, 6.07) is 26.2. The number of halogens is 2. The van der Waals surface area contributed by atoms with Crippen LogP contribution in [-0.4, -0.2) is 4.98 Å². The topological polar surface area (TPSA) is 71.9 Å². The Morgan fingerprint density at radius 3 is 2.13 bits per heavy atom. The van der Waals surface area contributed by atoms with Crippen LogP contribution in [0, 0.1) is 11.3 Å². The fourth-order valence-corrected chi connectivity index (χ4v) is 3.34. The number of para-hydroxylation sites is 1. The highest BCUT2D eigenvalue weighted by Crippen LogP contribution is 2.35. The third-order valence-corrected chi connectivity index (χ3v) is 5.26. The molecule has 0 aliphatic heterocycles. The van der Waals surface area contributed by atoms with Gasteiger partial charge in [0.25, 0.3) is 0 Å². The second kappa shape index (κ2) is 8.46. The minimum Gasteiger partial charge on any atom is -0.457 e. The molecule has 6 heteroatoms. The molecule has 0 spiro atoms. The number of ether oxygens (including phenoxy) is 1. The predicted octanol–water partition coefficient (Wildman–Crippen LogP) is 6.97. The first-order valence-electron chi connectivity index (χ1n) is 9.04. The SMILES string of the molecule is N#Cc1c(-c2ccc(Cl)c(Cl)c2)cc(-c2ccc(Oc3ccccc3)cc2)nc1N. The highest BCUT2D eigenvalue weighted by molar-refractivity contribution is 6.42. The van der Waals surface area contributed by atoms with E-state index in [1.165, 1.54) is 0 Å². The lowest BCUT2D eigenvalue weighted by Gasteiger charge is -2.11. The van der Waals surface area contributed by atoms with Gasteiger partial charge in [0.05, 0.1) is 15.7 Å². The van der Waals surface area contributed by atoms with Gasteiger partial charge < -0.3 is 10.5 Å². The Morgan fingerprint density at radius 1 is 0.800 bits per heavy atom. The smallest absolute Gasteiger partial charge is 0.142 e. The van der Waals surface area contributed by atoms with E-state index >= 15 is 0 Å². The summed E-state index contributed by atoms with van der Waals surface area (Å²) in [5, 5.41) is 10.4. The molecule has 0 amide bonds. The van der Waals surface area contributed by atoms with Crippen molar-refractivity contribution in [3.8, 4) is 40.0 Å². The Morgan fingerprint density at radius 2 is 1.47 bits per heavy atom. The Balaban J connectivity index is 1.72. The molecule has 0 aliphatic rings. The van der Waals surface area contributed by atoms with E-state index in [9.17, 15) is 5.26 Å². The molecule has 0 fully saturated rings. The van der Waals surface area contributed by atoms with Gasteiger partial charge >= 0.3 is 0 Å². The number of benzene rings is 3. The second-order valence-corrected chi connectivity index (χ2v) is 7.31. The zero-order valence-electron chi connectivity index (χ0n) is 15.6. The van der Waals surface area contributed by atoms with Gasteiger partial charge in [-0.1, -0.05) is 47.5 Å². The Labute approximate surface area is 184 Å². The molecule has 0 atom stereocenters. The van der Waals surface area contributed by atoms with Gasteiger partial charge in [-0.05, 0) is 60.2 Å². The van der Waals surface area contributed by atoms with Crippen molar-refractivity contribution in [2.75, 3.05) is 5.73 Å². The van der Waals surface area contributed by atoms with E-state index in [0.717, 1.165) is 16.9 Å². The van der Waals surface area contributed by atoms with E-state index in [0.29, 0.717) is 32.6 Å². The number of rotatable bonds is 4. The number of hydrogen-bond donors (Lipinski definition) is 1. The predicted molar refractivity (Wildman–Crippen MR) is 121 cm³/mol. The van der Waals surface area contributed by atoms with Gasteiger partial charge in [-0.25, -0.2) is 4.98 Å². The van der Waals surface area contributed by atoms with Gasteiger partial charge in [-0.3, -0.25) is 0 Å². The number of aromatic nitrogens is 1. The number of hydrogen-bond acceptors (Lipinski definition) is 4. The van der Waals surface area contributed by atoms with Crippen molar-refractivity contribution in [2.24, 2.45) is 0 Å². The largest absolute Gasteiger partial charge is 0.457 e. The lowest BCUT2D eigenvalue weighted by atomic mass is 9.98. The van der Waals surface area contributed by atoms with Gasteiger partial charge in [0.15, 0.2) is 0 Å². The summed E-state index contributed by atoms with van der Waals surface area (Å²) < 4.78 is 5.83. The molecule has 0 unspecified atom stereocenters. The van der Waals surface area contributed by atoms with E-state index in [-0.39, 0.29) is 5.82 Å². The maximum Gasteiger partial charge on any atom is 0.142 e.